The van der Waals surface area contributed by atoms with Crippen molar-refractivity contribution < 1.29 is 23.8 Å². The Kier molecular flexibility index (Phi) is 5.14. The first-order valence-corrected chi connectivity index (χ1v) is 11.6. The van der Waals surface area contributed by atoms with E-state index in [4.69, 9.17) is 13.9 Å². The van der Waals surface area contributed by atoms with Crippen molar-refractivity contribution in [3.05, 3.63) is 0 Å². The summed E-state index contributed by atoms with van der Waals surface area (Å²) in [5.41, 5.74) is -0.953. The van der Waals surface area contributed by atoms with Gasteiger partial charge in [0.1, 0.15) is 6.10 Å². The third-order valence-corrected chi connectivity index (χ3v) is 10.5. The number of carbonyl (C=O) groups excluding carboxylic acids is 1. The lowest BCUT2D eigenvalue weighted by Gasteiger charge is -2.45. The fourth-order valence-corrected chi connectivity index (χ4v) is 4.72. The van der Waals surface area contributed by atoms with Crippen molar-refractivity contribution in [3.8, 4) is 0 Å². The number of ether oxygens (including phenoxy) is 2. The van der Waals surface area contributed by atoms with Crippen LogP contribution in [0.1, 0.15) is 34.1 Å². The average molecular weight is 360 g/mol. The smallest absolute Gasteiger partial charge is 0.409 e. The summed E-state index contributed by atoms with van der Waals surface area (Å²) in [5, 5.41) is 10.2. The lowest BCUT2D eigenvalue weighted by Crippen LogP contribution is -2.60. The molecule has 6 nitrogen and oxygen atoms in total. The molecule has 2 heterocycles. The highest BCUT2D eigenvalue weighted by Gasteiger charge is 2.66. The van der Waals surface area contributed by atoms with Crippen molar-refractivity contribution in [1.82, 2.24) is 4.90 Å². The van der Waals surface area contributed by atoms with Crippen molar-refractivity contribution in [3.63, 3.8) is 0 Å². The van der Waals surface area contributed by atoms with Crippen molar-refractivity contribution in [2.24, 2.45) is 5.92 Å². The van der Waals surface area contributed by atoms with Crippen LogP contribution in [0.4, 0.5) is 4.79 Å². The van der Waals surface area contributed by atoms with Gasteiger partial charge in [0, 0.05) is 26.4 Å². The van der Waals surface area contributed by atoms with E-state index >= 15 is 0 Å². The highest BCUT2D eigenvalue weighted by molar-refractivity contribution is 6.74. The molecule has 5 atom stereocenters. The van der Waals surface area contributed by atoms with Crippen LogP contribution in [0.2, 0.25) is 18.1 Å². The van der Waals surface area contributed by atoms with Crippen LogP contribution in [-0.4, -0.2) is 69.0 Å². The molecule has 2 saturated heterocycles. The van der Waals surface area contributed by atoms with E-state index in [1.165, 1.54) is 4.90 Å². The Balaban J connectivity index is 2.25. The molecule has 1 amide bonds. The Bertz CT molecular complexity index is 490. The van der Waals surface area contributed by atoms with Gasteiger partial charge in [0.15, 0.2) is 13.9 Å². The van der Waals surface area contributed by atoms with Gasteiger partial charge in [-0.2, -0.15) is 0 Å². The maximum Gasteiger partial charge on any atom is 0.409 e. The van der Waals surface area contributed by atoms with E-state index in [1.807, 2.05) is 6.92 Å². The number of hydrogen-bond donors (Lipinski definition) is 1. The molecular weight excluding hydrogens is 326 g/mol. The van der Waals surface area contributed by atoms with E-state index in [1.54, 1.807) is 14.1 Å². The standard InChI is InChI=1S/C17H33NO5Si/c1-11-12-9-13(23-24(7,8)16(2,3)4)17(10-19,22-12)14(11)21-15(20)18(5)6/h11-14,19H,9-10H2,1-8H3/t11-,12-,13+,14+,17-/m1/s1. The molecule has 0 aromatic carbocycles. The second-order valence-electron chi connectivity index (χ2n) is 8.93. The normalized spacial score (nSPS) is 36.0. The second kappa shape index (κ2) is 6.27. The van der Waals surface area contributed by atoms with Crippen molar-refractivity contribution in [2.45, 2.75) is 76.2 Å². The van der Waals surface area contributed by atoms with Crippen LogP contribution in [0.5, 0.6) is 0 Å². The van der Waals surface area contributed by atoms with Crippen molar-refractivity contribution in [1.29, 1.82) is 0 Å². The topological polar surface area (TPSA) is 68.2 Å². The van der Waals surface area contributed by atoms with Gasteiger partial charge in [-0.1, -0.05) is 27.7 Å². The van der Waals surface area contributed by atoms with Crippen LogP contribution >= 0.6 is 0 Å². The minimum absolute atomic E-state index is 0.0420. The molecular formula is C17H33NO5Si. The molecule has 2 aliphatic rings. The molecule has 7 heteroatoms. The third-order valence-electron chi connectivity index (χ3n) is 5.99. The quantitative estimate of drug-likeness (QED) is 0.782. The first-order valence-electron chi connectivity index (χ1n) is 8.70. The average Bonchev–Trinajstić information content (AvgIpc) is 2.92. The second-order valence-corrected chi connectivity index (χ2v) is 13.7. The van der Waals surface area contributed by atoms with Crippen molar-refractivity contribution >= 4 is 14.4 Å². The van der Waals surface area contributed by atoms with Crippen LogP contribution in [-0.2, 0) is 13.9 Å². The summed E-state index contributed by atoms with van der Waals surface area (Å²) in [4.78, 5) is 13.5. The molecule has 2 rings (SSSR count). The Hall–Kier alpha value is -0.633. The number of amides is 1. The van der Waals surface area contributed by atoms with Crippen LogP contribution < -0.4 is 0 Å². The molecule has 0 radical (unpaired) electrons. The molecule has 0 aliphatic carbocycles. The molecule has 0 spiro atoms. The maximum absolute atomic E-state index is 12.1. The van der Waals surface area contributed by atoms with Gasteiger partial charge in [0.05, 0.1) is 18.8 Å². The van der Waals surface area contributed by atoms with E-state index in [9.17, 15) is 9.90 Å². The van der Waals surface area contributed by atoms with E-state index < -0.39 is 26.1 Å². The van der Waals surface area contributed by atoms with Crippen LogP contribution in [0.3, 0.4) is 0 Å². The van der Waals surface area contributed by atoms with Gasteiger partial charge in [-0.3, -0.25) is 0 Å². The number of rotatable bonds is 4. The lowest BCUT2D eigenvalue weighted by molar-refractivity contribution is -0.128. The predicted molar refractivity (Wildman–Crippen MR) is 94.5 cm³/mol. The number of aliphatic hydroxyl groups excluding tert-OH is 1. The molecule has 2 aliphatic heterocycles. The molecule has 140 valence electrons. The molecule has 2 fully saturated rings. The Morgan fingerprint density at radius 1 is 1.38 bits per heavy atom. The fourth-order valence-electron chi connectivity index (χ4n) is 3.36. The summed E-state index contributed by atoms with van der Waals surface area (Å²) in [5.74, 6) is 0.0420. The number of fused-ring (bicyclic) bond motifs is 2. The third kappa shape index (κ3) is 3.11. The zero-order valence-electron chi connectivity index (χ0n) is 16.3. The molecule has 2 bridgehead atoms. The van der Waals surface area contributed by atoms with Gasteiger partial charge in [-0.25, -0.2) is 4.79 Å². The Labute approximate surface area is 146 Å². The van der Waals surface area contributed by atoms with Gasteiger partial charge in [-0.05, 0) is 18.1 Å². The maximum atomic E-state index is 12.1. The summed E-state index contributed by atoms with van der Waals surface area (Å²) >= 11 is 0. The molecule has 1 N–H and O–H groups in total. The minimum atomic E-state index is -2.03. The zero-order chi connectivity index (χ0) is 18.5. The van der Waals surface area contributed by atoms with Gasteiger partial charge in [0.25, 0.3) is 0 Å². The summed E-state index contributed by atoms with van der Waals surface area (Å²) in [6, 6.07) is 0. The largest absolute Gasteiger partial charge is 0.442 e. The first kappa shape index (κ1) is 19.7. The molecule has 0 unspecified atom stereocenters. The highest BCUT2D eigenvalue weighted by atomic mass is 28.4. The number of nitrogens with zero attached hydrogens (tertiary/aromatic N) is 1. The zero-order valence-corrected chi connectivity index (χ0v) is 17.3. The summed E-state index contributed by atoms with van der Waals surface area (Å²) in [6.45, 7) is 12.7. The van der Waals surface area contributed by atoms with Crippen LogP contribution in [0.25, 0.3) is 0 Å². The lowest BCUT2D eigenvalue weighted by atomic mass is 9.77. The molecule has 0 aromatic heterocycles. The minimum Gasteiger partial charge on any atom is -0.442 e. The summed E-state index contributed by atoms with van der Waals surface area (Å²) in [6.07, 6.45) is -0.464. The first-order chi connectivity index (χ1) is 10.9. The van der Waals surface area contributed by atoms with Crippen LogP contribution in [0, 0.1) is 5.92 Å². The Morgan fingerprint density at radius 2 is 1.96 bits per heavy atom. The number of hydrogen-bond acceptors (Lipinski definition) is 5. The van der Waals surface area contributed by atoms with E-state index in [0.29, 0.717) is 0 Å². The highest BCUT2D eigenvalue weighted by Crippen LogP contribution is 2.52. The number of aliphatic hydroxyl groups is 1. The van der Waals surface area contributed by atoms with E-state index in [-0.39, 0.29) is 29.8 Å². The van der Waals surface area contributed by atoms with E-state index in [2.05, 4.69) is 33.9 Å². The Morgan fingerprint density at radius 3 is 2.42 bits per heavy atom. The van der Waals surface area contributed by atoms with E-state index in [0.717, 1.165) is 6.42 Å². The van der Waals surface area contributed by atoms with Crippen molar-refractivity contribution in [2.75, 3.05) is 20.7 Å². The number of carbonyl (C=O) groups is 1. The monoisotopic (exact) mass is 359 g/mol. The van der Waals surface area contributed by atoms with Gasteiger partial charge in [0.2, 0.25) is 0 Å². The van der Waals surface area contributed by atoms with Crippen LogP contribution in [0.15, 0.2) is 0 Å². The predicted octanol–water partition coefficient (Wildman–Crippen LogP) is 2.61. The van der Waals surface area contributed by atoms with Gasteiger partial charge in [-0.15, -0.1) is 0 Å². The van der Waals surface area contributed by atoms with Gasteiger partial charge >= 0.3 is 6.09 Å². The SMILES string of the molecule is C[C@@H]1[C@H]2C[C@H](O[Si](C)(C)C(C)(C)C)[C@@](CO)(O2)[C@H]1OC(=O)N(C)C. The molecule has 24 heavy (non-hydrogen) atoms. The fraction of sp³-hybridized carbons (Fsp3) is 0.941. The molecule has 0 saturated carbocycles. The summed E-state index contributed by atoms with van der Waals surface area (Å²) in [7, 11) is 1.27. The summed E-state index contributed by atoms with van der Waals surface area (Å²) < 4.78 is 18.4. The van der Waals surface area contributed by atoms with Gasteiger partial charge < -0.3 is 23.9 Å². The molecule has 0 aromatic rings.